The highest BCUT2D eigenvalue weighted by molar-refractivity contribution is 7.86. The second-order valence-electron chi connectivity index (χ2n) is 8.28. The highest BCUT2D eigenvalue weighted by atomic mass is 32.2. The maximum Gasteiger partial charge on any atom is 0.417 e. The van der Waals surface area contributed by atoms with Crippen LogP contribution in [0.15, 0.2) is 78.9 Å². The molecule has 0 aromatic heterocycles. The summed E-state index contributed by atoms with van der Waals surface area (Å²) in [7, 11) is -3.79. The van der Waals surface area contributed by atoms with E-state index in [1.165, 1.54) is 18.2 Å². The zero-order chi connectivity index (χ0) is 25.5. The van der Waals surface area contributed by atoms with E-state index in [0.717, 1.165) is 6.26 Å². The number of para-hydroxylation sites is 2. The minimum Gasteiger partial charge on any atom is -0.448 e. The lowest BCUT2D eigenvalue weighted by Crippen LogP contribution is -2.29. The first-order valence-corrected chi connectivity index (χ1v) is 12.4. The van der Waals surface area contributed by atoms with E-state index in [2.05, 4.69) is 10.6 Å². The van der Waals surface area contributed by atoms with Crippen LogP contribution >= 0.6 is 0 Å². The van der Waals surface area contributed by atoms with Gasteiger partial charge in [-0.3, -0.25) is 10.6 Å². The number of anilines is 2. The van der Waals surface area contributed by atoms with Crippen LogP contribution < -0.4 is 19.6 Å². The molecule has 3 rings (SSSR count). The van der Waals surface area contributed by atoms with Crippen LogP contribution in [0, 0.1) is 0 Å². The Labute approximate surface area is 204 Å². The van der Waals surface area contributed by atoms with Gasteiger partial charge in [-0.1, -0.05) is 50.2 Å². The van der Waals surface area contributed by atoms with Crippen molar-refractivity contribution >= 4 is 33.7 Å². The summed E-state index contributed by atoms with van der Waals surface area (Å²) < 4.78 is 39.1. The van der Waals surface area contributed by atoms with Crippen molar-refractivity contribution in [3.63, 3.8) is 0 Å². The Bertz CT molecular complexity index is 1280. The average Bonchev–Trinajstić information content (AvgIpc) is 2.79. The van der Waals surface area contributed by atoms with Crippen molar-refractivity contribution < 1.29 is 31.7 Å². The third-order valence-corrected chi connectivity index (χ3v) is 5.23. The maximum atomic E-state index is 12.5. The van der Waals surface area contributed by atoms with E-state index >= 15 is 0 Å². The minimum absolute atomic E-state index is 0.0279. The molecule has 0 spiro atoms. The van der Waals surface area contributed by atoms with Crippen molar-refractivity contribution in [1.82, 2.24) is 0 Å². The summed E-state index contributed by atoms with van der Waals surface area (Å²) in [5.41, 5.74) is 0.610. The molecule has 0 bridgehead atoms. The lowest BCUT2D eigenvalue weighted by Gasteiger charge is -2.27. The first kappa shape index (κ1) is 25.6. The van der Waals surface area contributed by atoms with E-state index in [1.54, 1.807) is 62.4 Å². The third-order valence-electron chi connectivity index (χ3n) is 4.73. The molecule has 2 amide bonds. The van der Waals surface area contributed by atoms with Gasteiger partial charge in [0, 0.05) is 22.4 Å². The molecule has 184 valence electrons. The van der Waals surface area contributed by atoms with E-state index in [9.17, 15) is 18.0 Å². The summed E-state index contributed by atoms with van der Waals surface area (Å²) in [6.07, 6.45) is -0.489. The van der Waals surface area contributed by atoms with Gasteiger partial charge in [0.05, 0.1) is 6.26 Å². The molecule has 0 saturated heterocycles. The number of nitrogens with one attached hydrogen (secondary N) is 2. The number of ether oxygens (including phenoxy) is 2. The van der Waals surface area contributed by atoms with Gasteiger partial charge < -0.3 is 13.7 Å². The largest absolute Gasteiger partial charge is 0.448 e. The quantitative estimate of drug-likeness (QED) is 0.412. The van der Waals surface area contributed by atoms with E-state index in [-0.39, 0.29) is 18.1 Å². The fourth-order valence-electron chi connectivity index (χ4n) is 3.12. The highest BCUT2D eigenvalue weighted by Gasteiger charge is 2.29. The molecule has 9 nitrogen and oxygen atoms in total. The summed E-state index contributed by atoms with van der Waals surface area (Å²) >= 11 is 0. The molecule has 0 unspecified atom stereocenters. The van der Waals surface area contributed by atoms with Crippen LogP contribution in [0.2, 0.25) is 0 Å². The number of hydrogen-bond donors (Lipinski definition) is 2. The average molecular weight is 499 g/mol. The molecule has 0 aliphatic carbocycles. The van der Waals surface area contributed by atoms with Crippen molar-refractivity contribution in [3.8, 4) is 11.5 Å². The van der Waals surface area contributed by atoms with Gasteiger partial charge in [0.25, 0.3) is 0 Å². The monoisotopic (exact) mass is 498 g/mol. The molecule has 35 heavy (non-hydrogen) atoms. The topological polar surface area (TPSA) is 120 Å². The molecule has 0 aliphatic heterocycles. The lowest BCUT2D eigenvalue weighted by molar-refractivity contribution is 0.136. The van der Waals surface area contributed by atoms with Gasteiger partial charge in [0.15, 0.2) is 0 Å². The fourth-order valence-corrected chi connectivity index (χ4v) is 3.57. The molecule has 10 heteroatoms. The van der Waals surface area contributed by atoms with Gasteiger partial charge in [-0.25, -0.2) is 9.59 Å². The van der Waals surface area contributed by atoms with Crippen LogP contribution in [-0.4, -0.2) is 33.5 Å². The van der Waals surface area contributed by atoms with Gasteiger partial charge in [-0.2, -0.15) is 8.42 Å². The Morgan fingerprint density at radius 1 is 0.829 bits per heavy atom. The third kappa shape index (κ3) is 8.04. The zero-order valence-corrected chi connectivity index (χ0v) is 20.3. The first-order chi connectivity index (χ1) is 16.5. The van der Waals surface area contributed by atoms with Crippen molar-refractivity contribution in [1.29, 1.82) is 0 Å². The number of benzene rings is 3. The summed E-state index contributed by atoms with van der Waals surface area (Å²) in [4.78, 5) is 24.8. The normalized spacial score (nSPS) is 11.3. The SMILES string of the molecule is CC(C)(COC(=O)Nc1ccccc1)c1cc(OS(C)(=O)=O)ccc1OC(=O)Nc1ccccc1. The lowest BCUT2D eigenvalue weighted by atomic mass is 9.84. The van der Waals surface area contributed by atoms with Gasteiger partial charge in [0.1, 0.15) is 18.1 Å². The van der Waals surface area contributed by atoms with Gasteiger partial charge in [0.2, 0.25) is 0 Å². The molecule has 0 radical (unpaired) electrons. The molecular weight excluding hydrogens is 472 g/mol. The molecule has 0 atom stereocenters. The van der Waals surface area contributed by atoms with Crippen LogP contribution in [0.5, 0.6) is 11.5 Å². The fraction of sp³-hybridized carbons (Fsp3) is 0.200. The van der Waals surface area contributed by atoms with Gasteiger partial charge >= 0.3 is 22.3 Å². The zero-order valence-electron chi connectivity index (χ0n) is 19.5. The van der Waals surface area contributed by atoms with E-state index in [1.807, 2.05) is 12.1 Å². The van der Waals surface area contributed by atoms with E-state index in [0.29, 0.717) is 16.9 Å². The number of amides is 2. The Morgan fingerprint density at radius 2 is 1.37 bits per heavy atom. The van der Waals surface area contributed by atoms with Gasteiger partial charge in [-0.15, -0.1) is 0 Å². The number of carbonyl (C=O) groups excluding carboxylic acids is 2. The number of carbonyl (C=O) groups is 2. The molecular formula is C25H26N2O7S. The Kier molecular flexibility index (Phi) is 7.98. The summed E-state index contributed by atoms with van der Waals surface area (Å²) in [5.74, 6) is 0.177. The van der Waals surface area contributed by atoms with Crippen LogP contribution in [0.25, 0.3) is 0 Å². The second kappa shape index (κ2) is 10.9. The molecule has 3 aromatic carbocycles. The van der Waals surface area contributed by atoms with Crippen molar-refractivity contribution in [2.24, 2.45) is 0 Å². The van der Waals surface area contributed by atoms with Gasteiger partial charge in [-0.05, 0) is 42.5 Å². The Hall–Kier alpha value is -4.05. The minimum atomic E-state index is -3.79. The van der Waals surface area contributed by atoms with Crippen molar-refractivity contribution in [2.45, 2.75) is 19.3 Å². The molecule has 3 aromatic rings. The molecule has 0 saturated carbocycles. The molecule has 2 N–H and O–H groups in total. The maximum absolute atomic E-state index is 12.5. The first-order valence-electron chi connectivity index (χ1n) is 10.6. The van der Waals surface area contributed by atoms with Crippen LogP contribution in [0.1, 0.15) is 19.4 Å². The molecule has 0 fully saturated rings. The summed E-state index contributed by atoms with van der Waals surface area (Å²) in [6.45, 7) is 3.40. The van der Waals surface area contributed by atoms with Crippen molar-refractivity contribution in [2.75, 3.05) is 23.5 Å². The van der Waals surface area contributed by atoms with Crippen molar-refractivity contribution in [3.05, 3.63) is 84.4 Å². The summed E-state index contributed by atoms with van der Waals surface area (Å²) in [5, 5.41) is 5.24. The second-order valence-corrected chi connectivity index (χ2v) is 9.85. The number of hydrogen-bond acceptors (Lipinski definition) is 7. The van der Waals surface area contributed by atoms with Crippen LogP contribution in [0.3, 0.4) is 0 Å². The Morgan fingerprint density at radius 3 is 1.91 bits per heavy atom. The van der Waals surface area contributed by atoms with E-state index < -0.39 is 27.7 Å². The van der Waals surface area contributed by atoms with E-state index in [4.69, 9.17) is 13.7 Å². The van der Waals surface area contributed by atoms with Crippen LogP contribution in [-0.2, 0) is 20.3 Å². The van der Waals surface area contributed by atoms with Crippen LogP contribution in [0.4, 0.5) is 21.0 Å². The predicted octanol–water partition coefficient (Wildman–Crippen LogP) is 5.16. The predicted molar refractivity (Wildman–Crippen MR) is 132 cm³/mol. The standard InChI is InChI=1S/C25H26N2O7S/c1-25(2,17-32-23(28)26-18-10-6-4-7-11-18)21-16-20(34-35(3,30)31)14-15-22(21)33-24(29)27-19-12-8-5-9-13-19/h4-16H,17H2,1-3H3,(H,26,28)(H,27,29). The number of rotatable bonds is 8. The molecule has 0 aliphatic rings. The summed E-state index contributed by atoms with van der Waals surface area (Å²) in [6, 6.07) is 21.8. The smallest absolute Gasteiger partial charge is 0.417 e. The highest BCUT2D eigenvalue weighted by Crippen LogP contribution is 2.36. The molecule has 0 heterocycles. The Balaban J connectivity index is 1.80.